The van der Waals surface area contributed by atoms with Crippen LogP contribution in [0.4, 0.5) is 8.78 Å². The number of aryl methyl sites for hydroxylation is 1. The van der Waals surface area contributed by atoms with Crippen LogP contribution in [0.15, 0.2) is 12.1 Å². The summed E-state index contributed by atoms with van der Waals surface area (Å²) in [6.07, 6.45) is 0. The fourth-order valence-corrected chi connectivity index (χ4v) is 1.82. The molecule has 2 nitrogen and oxygen atoms in total. The van der Waals surface area contributed by atoms with Crippen LogP contribution in [0.2, 0.25) is 0 Å². The van der Waals surface area contributed by atoms with Crippen LogP contribution in [-0.2, 0) is 4.74 Å². The lowest BCUT2D eigenvalue weighted by molar-refractivity contribution is 0.157. The van der Waals surface area contributed by atoms with Gasteiger partial charge in [-0.15, -0.1) is 0 Å². The molecule has 1 N–H and O–H groups in total. The molecule has 1 aromatic carbocycles. The highest BCUT2D eigenvalue weighted by Gasteiger charge is 2.14. The van der Waals surface area contributed by atoms with E-state index in [1.807, 2.05) is 13.8 Å². The van der Waals surface area contributed by atoms with E-state index in [4.69, 9.17) is 4.74 Å². The Labute approximate surface area is 107 Å². The first kappa shape index (κ1) is 15.1. The predicted molar refractivity (Wildman–Crippen MR) is 68.6 cm³/mol. The van der Waals surface area contributed by atoms with Crippen molar-refractivity contribution in [1.82, 2.24) is 5.32 Å². The zero-order chi connectivity index (χ0) is 13.7. The average molecular weight is 257 g/mol. The lowest BCUT2D eigenvalue weighted by Crippen LogP contribution is -2.27. The Hall–Kier alpha value is -1.00. The number of benzene rings is 1. The molecule has 0 saturated heterocycles. The number of hydrogen-bond donors (Lipinski definition) is 1. The molecule has 1 aromatic rings. The highest BCUT2D eigenvalue weighted by atomic mass is 19.1. The van der Waals surface area contributed by atoms with Crippen LogP contribution in [0, 0.1) is 24.5 Å². The van der Waals surface area contributed by atoms with Gasteiger partial charge in [-0.25, -0.2) is 8.78 Å². The van der Waals surface area contributed by atoms with Gasteiger partial charge in [0.05, 0.1) is 0 Å². The van der Waals surface area contributed by atoms with Crippen molar-refractivity contribution in [3.63, 3.8) is 0 Å². The summed E-state index contributed by atoms with van der Waals surface area (Å²) in [4.78, 5) is 0. The third-order valence-electron chi connectivity index (χ3n) is 2.97. The molecule has 0 aliphatic carbocycles. The second kappa shape index (κ2) is 6.81. The number of nitrogens with one attached hydrogen (secondary N) is 1. The van der Waals surface area contributed by atoms with E-state index in [1.54, 1.807) is 14.0 Å². The number of rotatable bonds is 6. The van der Waals surface area contributed by atoms with Gasteiger partial charge in [0.2, 0.25) is 0 Å². The smallest absolute Gasteiger partial charge is 0.128 e. The van der Waals surface area contributed by atoms with E-state index in [-0.39, 0.29) is 17.7 Å². The molecule has 0 heterocycles. The largest absolute Gasteiger partial charge is 0.384 e. The van der Waals surface area contributed by atoms with Crippen molar-refractivity contribution in [2.24, 2.45) is 5.92 Å². The highest BCUT2D eigenvalue weighted by molar-refractivity contribution is 5.27. The van der Waals surface area contributed by atoms with E-state index in [2.05, 4.69) is 5.32 Å². The van der Waals surface area contributed by atoms with Gasteiger partial charge < -0.3 is 10.1 Å². The molecule has 4 heteroatoms. The van der Waals surface area contributed by atoms with Crippen LogP contribution in [0.3, 0.4) is 0 Å². The Morgan fingerprint density at radius 3 is 2.50 bits per heavy atom. The van der Waals surface area contributed by atoms with E-state index in [0.717, 1.165) is 0 Å². The maximum atomic E-state index is 13.7. The third kappa shape index (κ3) is 4.03. The van der Waals surface area contributed by atoms with Gasteiger partial charge in [0.1, 0.15) is 11.6 Å². The monoisotopic (exact) mass is 257 g/mol. The van der Waals surface area contributed by atoms with Gasteiger partial charge in [-0.3, -0.25) is 0 Å². The van der Waals surface area contributed by atoms with Gasteiger partial charge in [0.15, 0.2) is 0 Å². The lowest BCUT2D eigenvalue weighted by atomic mass is 10.0. The van der Waals surface area contributed by atoms with Crippen LogP contribution in [0.1, 0.15) is 31.0 Å². The Morgan fingerprint density at radius 1 is 1.22 bits per heavy atom. The van der Waals surface area contributed by atoms with Crippen LogP contribution >= 0.6 is 0 Å². The number of halogens is 2. The molecular weight excluding hydrogens is 236 g/mol. The number of hydrogen-bond acceptors (Lipinski definition) is 2. The molecule has 102 valence electrons. The summed E-state index contributed by atoms with van der Waals surface area (Å²) in [5.41, 5.74) is 0.693. The molecule has 2 atom stereocenters. The molecule has 0 bridgehead atoms. The summed E-state index contributed by atoms with van der Waals surface area (Å²) >= 11 is 0. The molecule has 0 radical (unpaired) electrons. The Kier molecular flexibility index (Phi) is 5.69. The molecule has 0 spiro atoms. The van der Waals surface area contributed by atoms with Crippen LogP contribution in [-0.4, -0.2) is 20.3 Å². The topological polar surface area (TPSA) is 21.3 Å². The summed E-state index contributed by atoms with van der Waals surface area (Å²) in [5, 5.41) is 3.18. The van der Waals surface area contributed by atoms with Gasteiger partial charge in [-0.1, -0.05) is 6.92 Å². The van der Waals surface area contributed by atoms with Crippen LogP contribution in [0.5, 0.6) is 0 Å². The molecule has 0 aliphatic rings. The zero-order valence-electron chi connectivity index (χ0n) is 11.4. The van der Waals surface area contributed by atoms with E-state index < -0.39 is 0 Å². The number of ether oxygens (including phenoxy) is 1. The van der Waals surface area contributed by atoms with Gasteiger partial charge in [0, 0.05) is 31.9 Å². The summed E-state index contributed by atoms with van der Waals surface area (Å²) < 4.78 is 32.2. The van der Waals surface area contributed by atoms with Crippen molar-refractivity contribution in [2.75, 3.05) is 20.3 Å². The van der Waals surface area contributed by atoms with Crippen molar-refractivity contribution in [3.8, 4) is 0 Å². The minimum Gasteiger partial charge on any atom is -0.384 e. The Balaban J connectivity index is 2.66. The molecule has 0 fully saturated rings. The van der Waals surface area contributed by atoms with Crippen LogP contribution < -0.4 is 5.32 Å². The van der Waals surface area contributed by atoms with Gasteiger partial charge >= 0.3 is 0 Å². The standard InChI is InChI=1S/C14H21F2NO/c1-9(8-18-4)7-17-11(3)12-6-13(15)10(2)5-14(12)16/h5-6,9,11,17H,7-8H2,1-4H3. The fraction of sp³-hybridized carbons (Fsp3) is 0.571. The maximum absolute atomic E-state index is 13.7. The first-order chi connectivity index (χ1) is 8.45. The summed E-state index contributed by atoms with van der Waals surface area (Å²) in [5.74, 6) is -0.408. The molecule has 2 unspecified atom stereocenters. The number of methoxy groups -OCH3 is 1. The molecule has 0 amide bonds. The van der Waals surface area contributed by atoms with Gasteiger partial charge in [-0.05, 0) is 37.5 Å². The second-order valence-corrected chi connectivity index (χ2v) is 4.81. The summed E-state index contributed by atoms with van der Waals surface area (Å²) in [6.45, 7) is 6.76. The first-order valence-electron chi connectivity index (χ1n) is 6.13. The van der Waals surface area contributed by atoms with Gasteiger partial charge in [0.25, 0.3) is 0 Å². The molecule has 0 aliphatic heterocycles. The van der Waals surface area contributed by atoms with Crippen molar-refractivity contribution in [3.05, 3.63) is 34.9 Å². The van der Waals surface area contributed by atoms with Crippen molar-refractivity contribution < 1.29 is 13.5 Å². The van der Waals surface area contributed by atoms with Crippen molar-refractivity contribution in [2.45, 2.75) is 26.8 Å². The van der Waals surface area contributed by atoms with E-state index in [1.165, 1.54) is 12.1 Å². The normalized spacial score (nSPS) is 14.6. The van der Waals surface area contributed by atoms with Crippen molar-refractivity contribution in [1.29, 1.82) is 0 Å². The lowest BCUT2D eigenvalue weighted by Gasteiger charge is -2.18. The first-order valence-corrected chi connectivity index (χ1v) is 6.13. The predicted octanol–water partition coefficient (Wildman–Crippen LogP) is 3.21. The highest BCUT2D eigenvalue weighted by Crippen LogP contribution is 2.20. The minimum absolute atomic E-state index is 0.223. The Bertz CT molecular complexity index is 396. The minimum atomic E-state index is -0.370. The molecular formula is C14H21F2NO. The van der Waals surface area contributed by atoms with E-state index >= 15 is 0 Å². The third-order valence-corrected chi connectivity index (χ3v) is 2.97. The van der Waals surface area contributed by atoms with Crippen LogP contribution in [0.25, 0.3) is 0 Å². The maximum Gasteiger partial charge on any atom is 0.128 e. The quantitative estimate of drug-likeness (QED) is 0.845. The Morgan fingerprint density at radius 2 is 1.89 bits per heavy atom. The zero-order valence-corrected chi connectivity index (χ0v) is 11.4. The van der Waals surface area contributed by atoms with Gasteiger partial charge in [-0.2, -0.15) is 0 Å². The van der Waals surface area contributed by atoms with E-state index in [9.17, 15) is 8.78 Å². The summed E-state index contributed by atoms with van der Waals surface area (Å²) in [6, 6.07) is 2.28. The van der Waals surface area contributed by atoms with Crippen molar-refractivity contribution >= 4 is 0 Å². The SMILES string of the molecule is COCC(C)CNC(C)c1cc(F)c(C)cc1F. The average Bonchev–Trinajstić information content (AvgIpc) is 2.31. The fourth-order valence-electron chi connectivity index (χ4n) is 1.82. The molecule has 0 saturated carbocycles. The second-order valence-electron chi connectivity index (χ2n) is 4.81. The molecule has 0 aromatic heterocycles. The summed E-state index contributed by atoms with van der Waals surface area (Å²) in [7, 11) is 1.65. The van der Waals surface area contributed by atoms with E-state index in [0.29, 0.717) is 30.2 Å². The molecule has 18 heavy (non-hydrogen) atoms. The molecule has 1 rings (SSSR count).